The van der Waals surface area contributed by atoms with E-state index in [1.807, 2.05) is 91.0 Å². The van der Waals surface area contributed by atoms with Gasteiger partial charge in [0.1, 0.15) is 0 Å². The van der Waals surface area contributed by atoms with Crippen molar-refractivity contribution < 1.29 is 4.79 Å². The maximum absolute atomic E-state index is 13.2. The summed E-state index contributed by atoms with van der Waals surface area (Å²) in [6.45, 7) is 0. The van der Waals surface area contributed by atoms with Crippen LogP contribution in [0.15, 0.2) is 94.9 Å². The lowest BCUT2D eigenvalue weighted by Crippen LogP contribution is -2.01. The third-order valence-corrected chi connectivity index (χ3v) is 5.44. The lowest BCUT2D eigenvalue weighted by atomic mass is 10.0. The van der Waals surface area contributed by atoms with Gasteiger partial charge in [0, 0.05) is 10.7 Å². The Bertz CT molecular complexity index is 1020. The summed E-state index contributed by atoms with van der Waals surface area (Å²) in [6.07, 6.45) is 1.91. The number of carbonyl (C=O) groups excluding carboxylic acids is 1. The van der Waals surface area contributed by atoms with Crippen molar-refractivity contribution in [2.75, 3.05) is 5.32 Å². The number of hydrogen-bond acceptors (Lipinski definition) is 3. The minimum atomic E-state index is 0.0274. The van der Waals surface area contributed by atoms with Crippen LogP contribution in [-0.4, -0.2) is 5.78 Å². The van der Waals surface area contributed by atoms with Gasteiger partial charge < -0.3 is 5.32 Å². The molecule has 0 fully saturated rings. The first-order valence-corrected chi connectivity index (χ1v) is 9.72. The van der Waals surface area contributed by atoms with Crippen molar-refractivity contribution in [2.45, 2.75) is 0 Å². The SMILES string of the molecule is O=C1C(c2ccccc2)=C(Nc2ccccc2)S/C1=C\c1ccc(Cl)cc1. The van der Waals surface area contributed by atoms with E-state index in [-0.39, 0.29) is 5.78 Å². The average molecular weight is 390 g/mol. The van der Waals surface area contributed by atoms with Gasteiger partial charge in [-0.2, -0.15) is 0 Å². The molecule has 1 aliphatic rings. The number of para-hydroxylation sites is 1. The number of nitrogens with one attached hydrogen (secondary N) is 1. The topological polar surface area (TPSA) is 29.1 Å². The smallest absolute Gasteiger partial charge is 0.203 e. The predicted octanol–water partition coefficient (Wildman–Crippen LogP) is 6.48. The first kappa shape index (κ1) is 17.7. The summed E-state index contributed by atoms with van der Waals surface area (Å²) in [5.74, 6) is 0.0274. The molecule has 4 heteroatoms. The van der Waals surface area contributed by atoms with Crippen molar-refractivity contribution in [1.82, 2.24) is 0 Å². The molecule has 27 heavy (non-hydrogen) atoms. The first-order valence-electron chi connectivity index (χ1n) is 8.52. The van der Waals surface area contributed by atoms with Crippen molar-refractivity contribution in [3.05, 3.63) is 111 Å². The molecule has 3 aromatic carbocycles. The number of allylic oxidation sites excluding steroid dienone is 2. The summed E-state index contributed by atoms with van der Waals surface area (Å²) in [7, 11) is 0. The largest absolute Gasteiger partial charge is 0.349 e. The summed E-state index contributed by atoms with van der Waals surface area (Å²) in [5.41, 5.74) is 3.51. The van der Waals surface area contributed by atoms with Crippen LogP contribution in [0.2, 0.25) is 5.02 Å². The molecular weight excluding hydrogens is 374 g/mol. The molecule has 1 N–H and O–H groups in total. The molecule has 0 atom stereocenters. The van der Waals surface area contributed by atoms with E-state index in [1.54, 1.807) is 0 Å². The van der Waals surface area contributed by atoms with E-state index in [0.717, 1.165) is 21.8 Å². The van der Waals surface area contributed by atoms with Gasteiger partial charge in [-0.1, -0.05) is 84.0 Å². The maximum Gasteiger partial charge on any atom is 0.203 e. The molecular formula is C23H16ClNOS. The van der Waals surface area contributed by atoms with E-state index >= 15 is 0 Å². The highest BCUT2D eigenvalue weighted by Crippen LogP contribution is 2.43. The van der Waals surface area contributed by atoms with Crippen LogP contribution in [0, 0.1) is 0 Å². The quantitative estimate of drug-likeness (QED) is 0.518. The standard InChI is InChI=1S/C23H16ClNOS/c24-18-13-11-16(12-14-18)15-20-22(26)21(17-7-3-1-4-8-17)23(27-20)25-19-9-5-2-6-10-19/h1-15,25H/b20-15-. The van der Waals surface area contributed by atoms with Crippen LogP contribution in [0.4, 0.5) is 5.69 Å². The number of halogens is 1. The molecule has 0 radical (unpaired) electrons. The van der Waals surface area contributed by atoms with Crippen molar-refractivity contribution in [1.29, 1.82) is 0 Å². The van der Waals surface area contributed by atoms with Gasteiger partial charge in [-0.25, -0.2) is 0 Å². The molecule has 0 amide bonds. The number of carbonyl (C=O) groups is 1. The Labute approximate surface area is 167 Å². The highest BCUT2D eigenvalue weighted by atomic mass is 35.5. The number of benzene rings is 3. The van der Waals surface area contributed by atoms with Gasteiger partial charge in [-0.05, 0) is 41.5 Å². The van der Waals surface area contributed by atoms with Crippen LogP contribution >= 0.6 is 23.4 Å². The zero-order valence-corrected chi connectivity index (χ0v) is 15.9. The van der Waals surface area contributed by atoms with Gasteiger partial charge in [-0.15, -0.1) is 0 Å². The minimum absolute atomic E-state index is 0.0274. The second kappa shape index (κ2) is 7.87. The molecule has 0 unspecified atom stereocenters. The zero-order chi connectivity index (χ0) is 18.6. The number of anilines is 1. The molecule has 4 rings (SSSR count). The Hall–Kier alpha value is -2.75. The number of ketones is 1. The van der Waals surface area contributed by atoms with Crippen molar-refractivity contribution in [2.24, 2.45) is 0 Å². The van der Waals surface area contributed by atoms with E-state index in [2.05, 4.69) is 5.32 Å². The molecule has 0 bridgehead atoms. The molecule has 2 nitrogen and oxygen atoms in total. The van der Waals surface area contributed by atoms with E-state index in [4.69, 9.17) is 11.6 Å². The minimum Gasteiger partial charge on any atom is -0.349 e. The van der Waals surface area contributed by atoms with Gasteiger partial charge in [0.2, 0.25) is 5.78 Å². The van der Waals surface area contributed by atoms with Crippen molar-refractivity contribution in [3.63, 3.8) is 0 Å². The van der Waals surface area contributed by atoms with E-state index < -0.39 is 0 Å². The van der Waals surface area contributed by atoms with Crippen molar-refractivity contribution >= 4 is 46.5 Å². The van der Waals surface area contributed by atoms with E-state index in [1.165, 1.54) is 11.8 Å². The Balaban J connectivity index is 1.73. The Kier molecular flexibility index (Phi) is 5.14. The second-order valence-electron chi connectivity index (χ2n) is 6.05. The summed E-state index contributed by atoms with van der Waals surface area (Å²) < 4.78 is 0. The van der Waals surface area contributed by atoms with Gasteiger partial charge in [0.25, 0.3) is 0 Å². The molecule has 1 aliphatic heterocycles. The fraction of sp³-hybridized carbons (Fsp3) is 0. The Morgan fingerprint density at radius 3 is 2.11 bits per heavy atom. The number of rotatable bonds is 4. The third-order valence-electron chi connectivity index (χ3n) is 4.15. The summed E-state index contributed by atoms with van der Waals surface area (Å²) in [5, 5.41) is 4.93. The first-order chi connectivity index (χ1) is 13.2. The zero-order valence-electron chi connectivity index (χ0n) is 14.4. The fourth-order valence-electron chi connectivity index (χ4n) is 2.85. The predicted molar refractivity (Wildman–Crippen MR) is 115 cm³/mol. The molecule has 1 heterocycles. The Morgan fingerprint density at radius 2 is 1.44 bits per heavy atom. The molecule has 0 aromatic heterocycles. The maximum atomic E-state index is 13.2. The highest BCUT2D eigenvalue weighted by molar-refractivity contribution is 8.08. The van der Waals surface area contributed by atoms with Gasteiger partial charge in [0.15, 0.2) is 0 Å². The molecule has 132 valence electrons. The molecule has 0 saturated carbocycles. The monoisotopic (exact) mass is 389 g/mol. The highest BCUT2D eigenvalue weighted by Gasteiger charge is 2.30. The normalized spacial score (nSPS) is 15.4. The van der Waals surface area contributed by atoms with Gasteiger partial charge in [0.05, 0.1) is 15.5 Å². The summed E-state index contributed by atoms with van der Waals surface area (Å²) >= 11 is 7.43. The number of hydrogen-bond donors (Lipinski definition) is 1. The van der Waals surface area contributed by atoms with Crippen LogP contribution in [0.1, 0.15) is 11.1 Å². The van der Waals surface area contributed by atoms with Crippen LogP contribution in [0.3, 0.4) is 0 Å². The summed E-state index contributed by atoms with van der Waals surface area (Å²) in [6, 6.07) is 27.1. The second-order valence-corrected chi connectivity index (χ2v) is 7.54. The van der Waals surface area contributed by atoms with Crippen LogP contribution in [-0.2, 0) is 4.79 Å². The third kappa shape index (κ3) is 4.00. The molecule has 0 spiro atoms. The lowest BCUT2D eigenvalue weighted by Gasteiger charge is -2.08. The number of thioether (sulfide) groups is 1. The fourth-order valence-corrected chi connectivity index (χ4v) is 4.06. The van der Waals surface area contributed by atoms with E-state index in [9.17, 15) is 4.79 Å². The molecule has 0 aliphatic carbocycles. The van der Waals surface area contributed by atoms with Crippen LogP contribution in [0.25, 0.3) is 11.6 Å². The van der Waals surface area contributed by atoms with Crippen LogP contribution < -0.4 is 5.32 Å². The van der Waals surface area contributed by atoms with Gasteiger partial charge >= 0.3 is 0 Å². The lowest BCUT2D eigenvalue weighted by molar-refractivity contribution is -0.109. The Morgan fingerprint density at radius 1 is 0.815 bits per heavy atom. The molecule has 3 aromatic rings. The van der Waals surface area contributed by atoms with Gasteiger partial charge in [-0.3, -0.25) is 4.79 Å². The van der Waals surface area contributed by atoms with Crippen molar-refractivity contribution in [3.8, 4) is 0 Å². The van der Waals surface area contributed by atoms with E-state index in [0.29, 0.717) is 15.5 Å². The summed E-state index contributed by atoms with van der Waals surface area (Å²) in [4.78, 5) is 13.9. The molecule has 0 saturated heterocycles. The number of Topliss-reactive ketones (excluding diaryl/α,β-unsaturated/α-hetero) is 1. The van der Waals surface area contributed by atoms with Crippen LogP contribution in [0.5, 0.6) is 0 Å². The average Bonchev–Trinajstić information content (AvgIpc) is 3.00.